The Morgan fingerprint density at radius 1 is 1.47 bits per heavy atom. The quantitative estimate of drug-likeness (QED) is 0.748. The molecule has 0 unspecified atom stereocenters. The smallest absolute Gasteiger partial charge is 0.370 e. The molecule has 0 radical (unpaired) electrons. The molecule has 0 aliphatic carbocycles. The van der Waals surface area contributed by atoms with Gasteiger partial charge in [0, 0.05) is 12.7 Å². The van der Waals surface area contributed by atoms with Crippen molar-refractivity contribution in [3.63, 3.8) is 0 Å². The van der Waals surface area contributed by atoms with Gasteiger partial charge in [-0.2, -0.15) is 18.3 Å². The third kappa shape index (κ3) is 6.28. The topological polar surface area (TPSA) is 39.1 Å². The van der Waals surface area contributed by atoms with Gasteiger partial charge in [-0.3, -0.25) is 4.68 Å². The second-order valence-electron chi connectivity index (χ2n) is 3.52. The first-order chi connectivity index (χ1) is 8.01. The molecule has 0 saturated heterocycles. The van der Waals surface area contributed by atoms with Crippen molar-refractivity contribution in [2.45, 2.75) is 26.2 Å². The van der Waals surface area contributed by atoms with Crippen LogP contribution in [0.5, 0.6) is 0 Å². The Balaban J connectivity index is 2.21. The van der Waals surface area contributed by atoms with Crippen LogP contribution in [0.2, 0.25) is 0 Å². The molecule has 0 fully saturated rings. The number of hydrogen-bond acceptors (Lipinski definition) is 3. The summed E-state index contributed by atoms with van der Waals surface area (Å²) in [6, 6.07) is 1.83. The number of hydrogen-bond donors (Lipinski definition) is 1. The maximum Gasteiger partial charge on any atom is 0.411 e. The van der Waals surface area contributed by atoms with Crippen molar-refractivity contribution in [1.29, 1.82) is 0 Å². The molecule has 1 heterocycles. The number of rotatable bonds is 7. The summed E-state index contributed by atoms with van der Waals surface area (Å²) in [6.07, 6.45) is -2.54. The van der Waals surface area contributed by atoms with E-state index >= 15 is 0 Å². The van der Waals surface area contributed by atoms with E-state index in [1.165, 1.54) is 0 Å². The number of aromatic nitrogens is 2. The normalized spacial score (nSPS) is 12.0. The van der Waals surface area contributed by atoms with Gasteiger partial charge in [0.1, 0.15) is 6.61 Å². The van der Waals surface area contributed by atoms with Crippen molar-refractivity contribution in [1.82, 2.24) is 15.1 Å². The fourth-order valence-corrected chi connectivity index (χ4v) is 1.22. The highest BCUT2D eigenvalue weighted by molar-refractivity contribution is 4.98. The van der Waals surface area contributed by atoms with E-state index in [4.69, 9.17) is 0 Å². The number of nitrogens with one attached hydrogen (secondary N) is 1. The molecule has 0 saturated carbocycles. The highest BCUT2D eigenvalue weighted by atomic mass is 19.4. The molecule has 1 aromatic heterocycles. The van der Waals surface area contributed by atoms with Crippen LogP contribution < -0.4 is 5.32 Å². The average Bonchev–Trinajstić information content (AvgIpc) is 2.68. The minimum atomic E-state index is -4.26. The van der Waals surface area contributed by atoms with Gasteiger partial charge in [0.25, 0.3) is 0 Å². The largest absolute Gasteiger partial charge is 0.411 e. The molecule has 0 aliphatic heterocycles. The molecule has 0 spiro atoms. The van der Waals surface area contributed by atoms with E-state index in [1.807, 2.05) is 13.0 Å². The molecule has 0 aliphatic rings. The van der Waals surface area contributed by atoms with Gasteiger partial charge >= 0.3 is 6.18 Å². The Labute approximate surface area is 97.8 Å². The molecule has 0 aromatic carbocycles. The summed E-state index contributed by atoms with van der Waals surface area (Å²) >= 11 is 0. The summed E-state index contributed by atoms with van der Waals surface area (Å²) < 4.78 is 41.4. The third-order valence-electron chi connectivity index (χ3n) is 1.98. The number of alkyl halides is 3. The van der Waals surface area contributed by atoms with Gasteiger partial charge < -0.3 is 10.1 Å². The molecular formula is C10H16F3N3O. The van der Waals surface area contributed by atoms with Gasteiger partial charge in [-0.05, 0) is 12.6 Å². The highest BCUT2D eigenvalue weighted by Gasteiger charge is 2.27. The Morgan fingerprint density at radius 2 is 2.24 bits per heavy atom. The Hall–Kier alpha value is -1.08. The molecule has 1 aromatic rings. The first-order valence-electron chi connectivity index (χ1n) is 5.39. The second kappa shape index (κ2) is 6.61. The Morgan fingerprint density at radius 3 is 2.88 bits per heavy atom. The van der Waals surface area contributed by atoms with Crippen LogP contribution in [0.4, 0.5) is 13.2 Å². The highest BCUT2D eigenvalue weighted by Crippen LogP contribution is 2.14. The Bertz CT molecular complexity index is 325. The lowest BCUT2D eigenvalue weighted by atomic mass is 10.4. The summed E-state index contributed by atoms with van der Waals surface area (Å²) in [5.41, 5.74) is 0.864. The van der Waals surface area contributed by atoms with Gasteiger partial charge in [0.2, 0.25) is 0 Å². The summed E-state index contributed by atoms with van der Waals surface area (Å²) in [7, 11) is 0. The van der Waals surface area contributed by atoms with Crippen LogP contribution in [0.25, 0.3) is 0 Å². The molecule has 0 amide bonds. The predicted octanol–water partition coefficient (Wildman–Crippen LogP) is 1.57. The summed E-state index contributed by atoms with van der Waals surface area (Å²) in [5, 5.41) is 7.28. The zero-order valence-electron chi connectivity index (χ0n) is 9.63. The molecular weight excluding hydrogens is 235 g/mol. The minimum Gasteiger partial charge on any atom is -0.370 e. The van der Waals surface area contributed by atoms with Gasteiger partial charge in [-0.1, -0.05) is 6.92 Å². The molecule has 0 atom stereocenters. The fourth-order valence-electron chi connectivity index (χ4n) is 1.22. The Kier molecular flexibility index (Phi) is 5.43. The maximum absolute atomic E-state index is 11.8. The van der Waals surface area contributed by atoms with Crippen LogP contribution in [0.3, 0.4) is 0 Å². The van der Waals surface area contributed by atoms with Crippen molar-refractivity contribution < 1.29 is 17.9 Å². The lowest BCUT2D eigenvalue weighted by Gasteiger charge is -2.07. The van der Waals surface area contributed by atoms with E-state index in [9.17, 15) is 13.2 Å². The minimum absolute atomic E-state index is 0.00182. The molecule has 1 N–H and O–H groups in total. The van der Waals surface area contributed by atoms with Gasteiger partial charge in [0.05, 0.1) is 18.8 Å². The zero-order chi connectivity index (χ0) is 12.7. The van der Waals surface area contributed by atoms with Crippen LogP contribution in [-0.2, 0) is 17.8 Å². The van der Waals surface area contributed by atoms with E-state index < -0.39 is 12.8 Å². The molecule has 1 rings (SSSR count). The van der Waals surface area contributed by atoms with E-state index in [0.717, 1.165) is 12.2 Å². The lowest BCUT2D eigenvalue weighted by Crippen LogP contribution is -2.19. The van der Waals surface area contributed by atoms with E-state index in [-0.39, 0.29) is 6.61 Å². The summed E-state index contributed by atoms with van der Waals surface area (Å²) in [6.45, 7) is 2.61. The van der Waals surface area contributed by atoms with E-state index in [1.54, 1.807) is 10.9 Å². The SMILES string of the molecule is CCNCc1ccn(CCOCC(F)(F)F)n1. The lowest BCUT2D eigenvalue weighted by molar-refractivity contribution is -0.174. The molecule has 98 valence electrons. The van der Waals surface area contributed by atoms with Crippen molar-refractivity contribution >= 4 is 0 Å². The zero-order valence-corrected chi connectivity index (χ0v) is 9.63. The number of ether oxygens (including phenoxy) is 1. The van der Waals surface area contributed by atoms with Crippen LogP contribution in [0.15, 0.2) is 12.3 Å². The number of nitrogens with zero attached hydrogens (tertiary/aromatic N) is 2. The fraction of sp³-hybridized carbons (Fsp3) is 0.700. The van der Waals surface area contributed by atoms with Crippen LogP contribution >= 0.6 is 0 Å². The van der Waals surface area contributed by atoms with E-state index in [2.05, 4.69) is 15.2 Å². The molecule has 0 bridgehead atoms. The molecule has 7 heteroatoms. The molecule has 17 heavy (non-hydrogen) atoms. The van der Waals surface area contributed by atoms with Gasteiger partial charge in [-0.15, -0.1) is 0 Å². The summed E-state index contributed by atoms with van der Waals surface area (Å²) in [4.78, 5) is 0. The van der Waals surface area contributed by atoms with Crippen LogP contribution in [0, 0.1) is 0 Å². The van der Waals surface area contributed by atoms with Crippen LogP contribution in [-0.4, -0.2) is 35.7 Å². The number of halogens is 3. The standard InChI is InChI=1S/C10H16F3N3O/c1-2-14-7-9-3-4-16(15-9)5-6-17-8-10(11,12)13/h3-4,14H,2,5-8H2,1H3. The van der Waals surface area contributed by atoms with Gasteiger partial charge in [-0.25, -0.2) is 0 Å². The maximum atomic E-state index is 11.8. The predicted molar refractivity (Wildman–Crippen MR) is 56.5 cm³/mol. The van der Waals surface area contributed by atoms with Crippen molar-refractivity contribution in [3.8, 4) is 0 Å². The van der Waals surface area contributed by atoms with Crippen molar-refractivity contribution in [2.75, 3.05) is 19.8 Å². The van der Waals surface area contributed by atoms with E-state index in [0.29, 0.717) is 13.1 Å². The van der Waals surface area contributed by atoms with Gasteiger partial charge in [0.15, 0.2) is 0 Å². The summed E-state index contributed by atoms with van der Waals surface area (Å²) in [5.74, 6) is 0. The second-order valence-corrected chi connectivity index (χ2v) is 3.52. The third-order valence-corrected chi connectivity index (χ3v) is 1.98. The van der Waals surface area contributed by atoms with Crippen molar-refractivity contribution in [3.05, 3.63) is 18.0 Å². The van der Waals surface area contributed by atoms with Crippen LogP contribution in [0.1, 0.15) is 12.6 Å². The molecule has 4 nitrogen and oxygen atoms in total. The first-order valence-corrected chi connectivity index (χ1v) is 5.39. The van der Waals surface area contributed by atoms with Crippen molar-refractivity contribution in [2.24, 2.45) is 0 Å². The average molecular weight is 251 g/mol. The first kappa shape index (κ1) is 14.0. The monoisotopic (exact) mass is 251 g/mol.